The van der Waals surface area contributed by atoms with Crippen molar-refractivity contribution in [3.63, 3.8) is 0 Å². The van der Waals surface area contributed by atoms with Crippen molar-refractivity contribution in [3.8, 4) is 5.88 Å². The quantitative estimate of drug-likeness (QED) is 0.699. The molecule has 1 unspecified atom stereocenters. The van der Waals surface area contributed by atoms with E-state index in [1.807, 2.05) is 24.3 Å². The van der Waals surface area contributed by atoms with E-state index in [-0.39, 0.29) is 6.61 Å². The van der Waals surface area contributed by atoms with E-state index in [9.17, 15) is 5.11 Å². The average Bonchev–Trinajstić information content (AvgIpc) is 2.62. The Morgan fingerprint density at radius 3 is 2.78 bits per heavy atom. The maximum Gasteiger partial charge on any atom is 0.229 e. The fourth-order valence-electron chi connectivity index (χ4n) is 2.53. The van der Waals surface area contributed by atoms with Gasteiger partial charge in [0.2, 0.25) is 11.8 Å². The van der Waals surface area contributed by atoms with Gasteiger partial charge in [-0.15, -0.1) is 0 Å². The first-order chi connectivity index (χ1) is 11.3. The molecule has 1 saturated heterocycles. The molecule has 0 spiro atoms. The van der Waals surface area contributed by atoms with E-state index in [0.29, 0.717) is 24.9 Å². The molecule has 1 fully saturated rings. The van der Waals surface area contributed by atoms with Gasteiger partial charge >= 0.3 is 0 Å². The molecule has 7 nitrogen and oxygen atoms in total. The maximum atomic E-state index is 9.43. The molecule has 0 radical (unpaired) electrons. The maximum absolute atomic E-state index is 9.43. The molecule has 1 aromatic carbocycles. The molecule has 0 bridgehead atoms. The predicted molar refractivity (Wildman–Crippen MR) is 87.8 cm³/mol. The molecular formula is C16H22N4O3. The van der Waals surface area contributed by atoms with Crippen LogP contribution in [0.15, 0.2) is 24.3 Å². The number of anilines is 1. The second kappa shape index (κ2) is 7.54. The van der Waals surface area contributed by atoms with Gasteiger partial charge in [0.1, 0.15) is 0 Å². The monoisotopic (exact) mass is 318 g/mol. The first-order valence-corrected chi connectivity index (χ1v) is 7.92. The van der Waals surface area contributed by atoms with E-state index in [0.717, 1.165) is 37.1 Å². The summed E-state index contributed by atoms with van der Waals surface area (Å²) >= 11 is 0. The molecule has 3 N–H and O–H groups in total. The Bertz CT molecular complexity index is 646. The van der Waals surface area contributed by atoms with Gasteiger partial charge in [0.25, 0.3) is 0 Å². The first kappa shape index (κ1) is 15.9. The van der Waals surface area contributed by atoms with Crippen molar-refractivity contribution in [2.75, 3.05) is 44.3 Å². The molecule has 3 rings (SSSR count). The summed E-state index contributed by atoms with van der Waals surface area (Å²) in [4.78, 5) is 11.3. The number of hydrogen-bond acceptors (Lipinski definition) is 7. The highest BCUT2D eigenvalue weighted by molar-refractivity contribution is 5.84. The Morgan fingerprint density at radius 2 is 2.00 bits per heavy atom. The zero-order valence-corrected chi connectivity index (χ0v) is 13.0. The summed E-state index contributed by atoms with van der Waals surface area (Å²) in [6.45, 7) is 3.58. The number of fused-ring (bicyclic) bond motifs is 1. The van der Waals surface area contributed by atoms with Gasteiger partial charge in [-0.3, -0.25) is 0 Å². The van der Waals surface area contributed by atoms with Crippen LogP contribution in [0.5, 0.6) is 5.88 Å². The molecule has 0 aliphatic carbocycles. The van der Waals surface area contributed by atoms with E-state index in [4.69, 9.17) is 9.84 Å². The molecule has 2 aromatic rings. The highest BCUT2D eigenvalue weighted by Crippen LogP contribution is 2.25. The normalized spacial score (nSPS) is 16.5. The van der Waals surface area contributed by atoms with Crippen LogP contribution in [0.25, 0.3) is 10.9 Å². The Morgan fingerprint density at radius 1 is 1.22 bits per heavy atom. The van der Waals surface area contributed by atoms with E-state index in [1.54, 1.807) is 0 Å². The Kier molecular flexibility index (Phi) is 5.22. The fraction of sp³-hybridized carbons (Fsp3) is 0.500. The number of aliphatic hydroxyl groups is 2. The van der Waals surface area contributed by atoms with Crippen molar-refractivity contribution in [1.82, 2.24) is 15.3 Å². The van der Waals surface area contributed by atoms with E-state index < -0.39 is 6.10 Å². The van der Waals surface area contributed by atoms with Crippen LogP contribution in [0.1, 0.15) is 6.42 Å². The summed E-state index contributed by atoms with van der Waals surface area (Å²) < 4.78 is 5.76. The summed E-state index contributed by atoms with van der Waals surface area (Å²) in [7, 11) is 0. The SMILES string of the molecule is OCC(O)CCOc1nc(N2CCNCC2)nc2ccccc12. The minimum absolute atomic E-state index is 0.264. The molecule has 1 aliphatic rings. The molecule has 1 aromatic heterocycles. The zero-order valence-electron chi connectivity index (χ0n) is 13.0. The predicted octanol–water partition coefficient (Wildman–Crippen LogP) is 0.162. The third-order valence-electron chi connectivity index (χ3n) is 3.86. The largest absolute Gasteiger partial charge is 0.477 e. The van der Waals surface area contributed by atoms with Gasteiger partial charge in [-0.05, 0) is 12.1 Å². The van der Waals surface area contributed by atoms with E-state index >= 15 is 0 Å². The lowest BCUT2D eigenvalue weighted by molar-refractivity contribution is 0.0750. The summed E-state index contributed by atoms with van der Waals surface area (Å²) in [6.07, 6.45) is -0.409. The standard InChI is InChI=1S/C16H22N4O3/c21-11-12(22)5-10-23-15-13-3-1-2-4-14(13)18-16(19-15)20-8-6-17-7-9-20/h1-4,12,17,21-22H,5-11H2. The number of nitrogens with one attached hydrogen (secondary N) is 1. The lowest BCUT2D eigenvalue weighted by atomic mass is 10.2. The van der Waals surface area contributed by atoms with Crippen LogP contribution in [0.4, 0.5) is 5.95 Å². The van der Waals surface area contributed by atoms with Gasteiger partial charge in [-0.25, -0.2) is 4.98 Å². The third kappa shape index (κ3) is 3.87. The lowest BCUT2D eigenvalue weighted by Crippen LogP contribution is -2.44. The molecular weight excluding hydrogens is 296 g/mol. The fourth-order valence-corrected chi connectivity index (χ4v) is 2.53. The molecule has 0 amide bonds. The van der Waals surface area contributed by atoms with Gasteiger partial charge in [-0.1, -0.05) is 12.1 Å². The number of aliphatic hydroxyl groups excluding tert-OH is 2. The molecule has 2 heterocycles. The molecule has 1 atom stereocenters. The molecule has 7 heteroatoms. The highest BCUT2D eigenvalue weighted by Gasteiger charge is 2.16. The van der Waals surface area contributed by atoms with Gasteiger partial charge < -0.3 is 25.2 Å². The number of rotatable bonds is 6. The third-order valence-corrected chi connectivity index (χ3v) is 3.86. The van der Waals surface area contributed by atoms with Crippen LogP contribution >= 0.6 is 0 Å². The van der Waals surface area contributed by atoms with Crippen LogP contribution in [0, 0.1) is 0 Å². The van der Waals surface area contributed by atoms with Gasteiger partial charge in [0.15, 0.2) is 0 Å². The van der Waals surface area contributed by atoms with Crippen molar-refractivity contribution in [3.05, 3.63) is 24.3 Å². The number of hydrogen-bond donors (Lipinski definition) is 3. The Balaban J connectivity index is 1.84. The number of para-hydroxylation sites is 1. The average molecular weight is 318 g/mol. The smallest absolute Gasteiger partial charge is 0.229 e. The summed E-state index contributed by atoms with van der Waals surface area (Å²) in [6, 6.07) is 7.73. The summed E-state index contributed by atoms with van der Waals surface area (Å²) in [5.74, 6) is 1.19. The second-order valence-corrected chi connectivity index (χ2v) is 5.56. The molecule has 23 heavy (non-hydrogen) atoms. The van der Waals surface area contributed by atoms with Crippen molar-refractivity contribution in [2.45, 2.75) is 12.5 Å². The van der Waals surface area contributed by atoms with Crippen LogP contribution in [0.3, 0.4) is 0 Å². The second-order valence-electron chi connectivity index (χ2n) is 5.56. The van der Waals surface area contributed by atoms with Crippen LogP contribution in [0.2, 0.25) is 0 Å². The summed E-state index contributed by atoms with van der Waals surface area (Å²) in [5.41, 5.74) is 0.841. The van der Waals surface area contributed by atoms with Gasteiger partial charge in [0.05, 0.1) is 30.2 Å². The number of piperazine rings is 1. The van der Waals surface area contributed by atoms with Crippen molar-refractivity contribution >= 4 is 16.9 Å². The molecule has 1 aliphatic heterocycles. The first-order valence-electron chi connectivity index (χ1n) is 7.92. The lowest BCUT2D eigenvalue weighted by Gasteiger charge is -2.27. The Hall–Kier alpha value is -1.96. The van der Waals surface area contributed by atoms with Gasteiger partial charge in [-0.2, -0.15) is 4.98 Å². The van der Waals surface area contributed by atoms with Crippen LogP contribution in [-0.2, 0) is 0 Å². The Labute approximate surface area is 134 Å². The van der Waals surface area contributed by atoms with Gasteiger partial charge in [0, 0.05) is 32.6 Å². The van der Waals surface area contributed by atoms with Crippen LogP contribution in [-0.4, -0.2) is 65.7 Å². The van der Waals surface area contributed by atoms with Crippen molar-refractivity contribution < 1.29 is 14.9 Å². The molecule has 0 saturated carbocycles. The number of nitrogens with zero attached hydrogens (tertiary/aromatic N) is 3. The minimum atomic E-state index is -0.768. The van der Waals surface area contributed by atoms with Crippen molar-refractivity contribution in [1.29, 1.82) is 0 Å². The van der Waals surface area contributed by atoms with Crippen LogP contribution < -0.4 is 15.0 Å². The summed E-state index contributed by atoms with van der Waals surface area (Å²) in [5, 5.41) is 22.5. The molecule has 124 valence electrons. The number of ether oxygens (including phenoxy) is 1. The number of aromatic nitrogens is 2. The zero-order chi connectivity index (χ0) is 16.1. The van der Waals surface area contributed by atoms with Crippen molar-refractivity contribution in [2.24, 2.45) is 0 Å². The topological polar surface area (TPSA) is 90.7 Å². The van der Waals surface area contributed by atoms with E-state index in [1.165, 1.54) is 0 Å². The van der Waals surface area contributed by atoms with E-state index in [2.05, 4.69) is 20.2 Å². The highest BCUT2D eigenvalue weighted by atomic mass is 16.5. The minimum Gasteiger partial charge on any atom is -0.477 e. The number of benzene rings is 1.